The fraction of sp³-hybridized carbons (Fsp3) is 0.250. The molecule has 0 spiro atoms. The van der Waals surface area contributed by atoms with Crippen LogP contribution in [0.4, 0.5) is 13.2 Å². The Kier molecular flexibility index (Phi) is 4.85. The molecular weight excluding hydrogens is 279 g/mol. The molecule has 2 aromatic rings. The van der Waals surface area contributed by atoms with Gasteiger partial charge in [0.05, 0.1) is 0 Å². The molecule has 1 unspecified atom stereocenters. The van der Waals surface area contributed by atoms with Crippen LogP contribution in [0, 0.1) is 17.5 Å². The van der Waals surface area contributed by atoms with Gasteiger partial charge in [-0.25, -0.2) is 13.2 Å². The SMILES string of the molecule is CCC(N)Cc1cc(F)ccc1Oc1ccc(F)cc1F. The zero-order valence-corrected chi connectivity index (χ0v) is 11.6. The van der Waals surface area contributed by atoms with E-state index in [2.05, 4.69) is 0 Å². The topological polar surface area (TPSA) is 35.2 Å². The summed E-state index contributed by atoms with van der Waals surface area (Å²) >= 11 is 0. The molecule has 0 aliphatic carbocycles. The highest BCUT2D eigenvalue weighted by Gasteiger charge is 2.12. The molecule has 2 nitrogen and oxygen atoms in total. The second-order valence-electron chi connectivity index (χ2n) is 4.80. The van der Waals surface area contributed by atoms with Crippen molar-refractivity contribution in [1.82, 2.24) is 0 Å². The smallest absolute Gasteiger partial charge is 0.168 e. The summed E-state index contributed by atoms with van der Waals surface area (Å²) in [6, 6.07) is 6.82. The molecule has 2 N–H and O–H groups in total. The summed E-state index contributed by atoms with van der Waals surface area (Å²) in [5, 5.41) is 0. The van der Waals surface area contributed by atoms with Crippen molar-refractivity contribution in [2.75, 3.05) is 0 Å². The minimum absolute atomic E-state index is 0.116. The van der Waals surface area contributed by atoms with Crippen molar-refractivity contribution in [3.63, 3.8) is 0 Å². The predicted molar refractivity (Wildman–Crippen MR) is 74.8 cm³/mol. The van der Waals surface area contributed by atoms with Crippen LogP contribution in [-0.2, 0) is 6.42 Å². The van der Waals surface area contributed by atoms with E-state index in [-0.39, 0.29) is 11.8 Å². The van der Waals surface area contributed by atoms with Gasteiger partial charge in [-0.15, -0.1) is 0 Å². The molecule has 0 heterocycles. The Hall–Kier alpha value is -2.01. The van der Waals surface area contributed by atoms with Crippen LogP contribution in [-0.4, -0.2) is 6.04 Å². The van der Waals surface area contributed by atoms with E-state index in [0.29, 0.717) is 17.7 Å². The standard InChI is InChI=1S/C16H16F3NO/c1-2-13(20)8-10-7-11(17)3-5-15(10)21-16-6-4-12(18)9-14(16)19/h3-7,9,13H,2,8,20H2,1H3. The molecule has 2 aromatic carbocycles. The summed E-state index contributed by atoms with van der Waals surface area (Å²) in [5.74, 6) is -1.72. The van der Waals surface area contributed by atoms with Crippen molar-refractivity contribution in [3.8, 4) is 11.5 Å². The van der Waals surface area contributed by atoms with Crippen LogP contribution in [0.1, 0.15) is 18.9 Å². The average molecular weight is 295 g/mol. The zero-order chi connectivity index (χ0) is 15.4. The summed E-state index contributed by atoms with van der Waals surface area (Å²) in [6.45, 7) is 1.92. The van der Waals surface area contributed by atoms with E-state index in [4.69, 9.17) is 10.5 Å². The molecule has 0 amide bonds. The molecular formula is C16H16F3NO. The third-order valence-electron chi connectivity index (χ3n) is 3.14. The van der Waals surface area contributed by atoms with E-state index in [9.17, 15) is 13.2 Å². The number of benzene rings is 2. The van der Waals surface area contributed by atoms with Gasteiger partial charge in [0, 0.05) is 12.1 Å². The molecule has 0 aliphatic rings. The molecule has 112 valence electrons. The second kappa shape index (κ2) is 6.63. The third-order valence-corrected chi connectivity index (χ3v) is 3.14. The highest BCUT2D eigenvalue weighted by atomic mass is 19.1. The predicted octanol–water partition coefficient (Wildman–Crippen LogP) is 4.18. The minimum atomic E-state index is -0.815. The first-order chi connectivity index (χ1) is 9.99. The van der Waals surface area contributed by atoms with Crippen LogP contribution < -0.4 is 10.5 Å². The summed E-state index contributed by atoms with van der Waals surface area (Å²) in [5.41, 5.74) is 6.41. The van der Waals surface area contributed by atoms with Gasteiger partial charge >= 0.3 is 0 Å². The molecule has 0 saturated carbocycles. The van der Waals surface area contributed by atoms with Crippen molar-refractivity contribution < 1.29 is 17.9 Å². The third kappa shape index (κ3) is 3.98. The van der Waals surface area contributed by atoms with Crippen LogP contribution in [0.25, 0.3) is 0 Å². The molecule has 0 bridgehead atoms. The van der Waals surface area contributed by atoms with E-state index in [0.717, 1.165) is 18.6 Å². The average Bonchev–Trinajstić information content (AvgIpc) is 2.44. The molecule has 0 fully saturated rings. The fourth-order valence-corrected chi connectivity index (χ4v) is 1.91. The summed E-state index contributed by atoms with van der Waals surface area (Å²) in [4.78, 5) is 0. The Morgan fingerprint density at radius 1 is 1.00 bits per heavy atom. The molecule has 2 rings (SSSR count). The van der Waals surface area contributed by atoms with Crippen LogP contribution in [0.3, 0.4) is 0 Å². The van der Waals surface area contributed by atoms with Crippen molar-refractivity contribution in [3.05, 3.63) is 59.4 Å². The molecule has 5 heteroatoms. The van der Waals surface area contributed by atoms with E-state index in [1.807, 2.05) is 6.92 Å². The second-order valence-corrected chi connectivity index (χ2v) is 4.80. The van der Waals surface area contributed by atoms with Gasteiger partial charge in [-0.2, -0.15) is 0 Å². The van der Waals surface area contributed by atoms with Gasteiger partial charge < -0.3 is 10.5 Å². The monoisotopic (exact) mass is 295 g/mol. The quantitative estimate of drug-likeness (QED) is 0.898. The Labute approximate surface area is 121 Å². The van der Waals surface area contributed by atoms with Crippen LogP contribution in [0.5, 0.6) is 11.5 Å². The normalized spacial score (nSPS) is 12.2. The van der Waals surface area contributed by atoms with E-state index < -0.39 is 17.5 Å². The van der Waals surface area contributed by atoms with Crippen LogP contribution in [0.15, 0.2) is 36.4 Å². The molecule has 0 aliphatic heterocycles. The number of hydrogen-bond acceptors (Lipinski definition) is 2. The summed E-state index contributed by atoms with van der Waals surface area (Å²) in [7, 11) is 0. The lowest BCUT2D eigenvalue weighted by Gasteiger charge is -2.14. The number of ether oxygens (including phenoxy) is 1. The number of rotatable bonds is 5. The number of halogens is 3. The summed E-state index contributed by atoms with van der Waals surface area (Å²) < 4.78 is 45.3. The lowest BCUT2D eigenvalue weighted by Crippen LogP contribution is -2.21. The van der Waals surface area contributed by atoms with E-state index in [1.54, 1.807) is 0 Å². The fourth-order valence-electron chi connectivity index (χ4n) is 1.91. The Morgan fingerprint density at radius 3 is 2.24 bits per heavy atom. The van der Waals surface area contributed by atoms with Gasteiger partial charge in [-0.3, -0.25) is 0 Å². The molecule has 0 saturated heterocycles. The van der Waals surface area contributed by atoms with Gasteiger partial charge in [-0.1, -0.05) is 6.92 Å². The maximum absolute atomic E-state index is 13.6. The highest BCUT2D eigenvalue weighted by molar-refractivity contribution is 5.39. The molecule has 21 heavy (non-hydrogen) atoms. The Bertz CT molecular complexity index is 631. The van der Waals surface area contributed by atoms with Crippen molar-refractivity contribution in [1.29, 1.82) is 0 Å². The van der Waals surface area contributed by atoms with Gasteiger partial charge in [0.25, 0.3) is 0 Å². The minimum Gasteiger partial charge on any atom is -0.454 e. The first-order valence-corrected chi connectivity index (χ1v) is 6.66. The maximum atomic E-state index is 13.6. The van der Waals surface area contributed by atoms with Gasteiger partial charge in [0.1, 0.15) is 17.4 Å². The van der Waals surface area contributed by atoms with Crippen molar-refractivity contribution in [2.24, 2.45) is 5.73 Å². The molecule has 1 atom stereocenters. The van der Waals surface area contributed by atoms with Gasteiger partial charge in [0.15, 0.2) is 11.6 Å². The van der Waals surface area contributed by atoms with Crippen LogP contribution >= 0.6 is 0 Å². The summed E-state index contributed by atoms with van der Waals surface area (Å²) in [6.07, 6.45) is 1.13. The molecule has 0 radical (unpaired) electrons. The van der Waals surface area contributed by atoms with Crippen LogP contribution in [0.2, 0.25) is 0 Å². The first-order valence-electron chi connectivity index (χ1n) is 6.66. The lowest BCUT2D eigenvalue weighted by molar-refractivity contribution is 0.430. The van der Waals surface area contributed by atoms with E-state index >= 15 is 0 Å². The highest BCUT2D eigenvalue weighted by Crippen LogP contribution is 2.29. The number of hydrogen-bond donors (Lipinski definition) is 1. The van der Waals surface area contributed by atoms with Crippen molar-refractivity contribution in [2.45, 2.75) is 25.8 Å². The van der Waals surface area contributed by atoms with Gasteiger partial charge in [0.2, 0.25) is 0 Å². The zero-order valence-electron chi connectivity index (χ0n) is 11.6. The Balaban J connectivity index is 2.30. The van der Waals surface area contributed by atoms with Gasteiger partial charge in [-0.05, 0) is 48.7 Å². The largest absolute Gasteiger partial charge is 0.454 e. The van der Waals surface area contributed by atoms with E-state index in [1.165, 1.54) is 24.3 Å². The lowest BCUT2D eigenvalue weighted by atomic mass is 10.0. The first kappa shape index (κ1) is 15.4. The Morgan fingerprint density at radius 2 is 1.62 bits per heavy atom. The maximum Gasteiger partial charge on any atom is 0.168 e. The number of nitrogens with two attached hydrogens (primary N) is 1. The molecule has 0 aromatic heterocycles. The van der Waals surface area contributed by atoms with Crippen molar-refractivity contribution >= 4 is 0 Å².